The van der Waals surface area contributed by atoms with Gasteiger partial charge in [0, 0.05) is 63.1 Å². The fourth-order valence-corrected chi connectivity index (χ4v) is 6.40. The molecule has 0 bridgehead atoms. The molecule has 4 rings (SSSR count). The topological polar surface area (TPSA) is 99.0 Å². The zero-order valence-electron chi connectivity index (χ0n) is 16.8. The lowest BCUT2D eigenvalue weighted by molar-refractivity contribution is -0.384. The highest BCUT2D eigenvalue weighted by molar-refractivity contribution is 7.86. The summed E-state index contributed by atoms with van der Waals surface area (Å²) in [6, 6.07) is 3.40. The minimum atomic E-state index is -3.51. The van der Waals surface area contributed by atoms with E-state index in [0.717, 1.165) is 49.9 Å². The van der Waals surface area contributed by atoms with Gasteiger partial charge in [0.2, 0.25) is 0 Å². The molecular formula is C19H29N5O4S. The Bertz CT molecular complexity index is 877. The number of nitrogens with zero attached hydrogens (tertiary/aromatic N) is 4. The lowest BCUT2D eigenvalue weighted by Gasteiger charge is -2.39. The van der Waals surface area contributed by atoms with Crippen LogP contribution in [0, 0.1) is 10.1 Å². The summed E-state index contributed by atoms with van der Waals surface area (Å²) in [6.07, 6.45) is 5.92. The van der Waals surface area contributed by atoms with Crippen LogP contribution in [0.15, 0.2) is 12.1 Å². The minimum Gasteiger partial charge on any atom is -0.384 e. The number of hydrogen-bond donors (Lipinski definition) is 1. The molecule has 0 unspecified atom stereocenters. The second-order valence-electron chi connectivity index (χ2n) is 8.10. The molecule has 10 heteroatoms. The molecule has 3 aliphatic rings. The first-order valence-electron chi connectivity index (χ1n) is 10.4. The smallest absolute Gasteiger partial charge is 0.292 e. The summed E-state index contributed by atoms with van der Waals surface area (Å²) >= 11 is 0. The van der Waals surface area contributed by atoms with Crippen LogP contribution in [-0.2, 0) is 16.6 Å². The zero-order valence-corrected chi connectivity index (χ0v) is 17.7. The number of rotatable bonds is 5. The summed E-state index contributed by atoms with van der Waals surface area (Å²) in [5.41, 5.74) is 2.66. The van der Waals surface area contributed by atoms with Crippen molar-refractivity contribution >= 4 is 27.3 Å². The second-order valence-corrected chi connectivity index (χ2v) is 10.1. The average molecular weight is 424 g/mol. The van der Waals surface area contributed by atoms with Crippen LogP contribution in [0.5, 0.6) is 0 Å². The lowest BCUT2D eigenvalue weighted by Crippen LogP contribution is -2.54. The highest BCUT2D eigenvalue weighted by Crippen LogP contribution is 2.40. The Morgan fingerprint density at radius 1 is 1.14 bits per heavy atom. The van der Waals surface area contributed by atoms with Gasteiger partial charge in [0.05, 0.1) is 4.92 Å². The molecule has 160 valence electrons. The molecule has 1 aliphatic carbocycles. The molecule has 1 N–H and O–H groups in total. The van der Waals surface area contributed by atoms with Gasteiger partial charge in [0.25, 0.3) is 15.9 Å². The van der Waals surface area contributed by atoms with Crippen molar-refractivity contribution in [3.63, 3.8) is 0 Å². The Hall–Kier alpha value is -1.91. The van der Waals surface area contributed by atoms with Crippen molar-refractivity contribution in [3.05, 3.63) is 27.8 Å². The normalized spacial score (nSPS) is 21.2. The summed E-state index contributed by atoms with van der Waals surface area (Å²) in [7, 11) is -1.82. The maximum absolute atomic E-state index is 13.1. The molecule has 2 heterocycles. The van der Waals surface area contributed by atoms with Crippen LogP contribution < -0.4 is 10.2 Å². The first-order chi connectivity index (χ1) is 13.9. The number of fused-ring (bicyclic) bond motifs is 1. The van der Waals surface area contributed by atoms with Gasteiger partial charge in [-0.05, 0) is 25.3 Å². The maximum atomic E-state index is 13.1. The predicted molar refractivity (Wildman–Crippen MR) is 113 cm³/mol. The van der Waals surface area contributed by atoms with Gasteiger partial charge in [-0.25, -0.2) is 0 Å². The summed E-state index contributed by atoms with van der Waals surface area (Å²) in [6.45, 7) is 2.36. The van der Waals surface area contributed by atoms with E-state index < -0.39 is 10.2 Å². The van der Waals surface area contributed by atoms with Crippen LogP contribution >= 0.6 is 0 Å². The highest BCUT2D eigenvalue weighted by atomic mass is 32.2. The molecule has 2 aliphatic heterocycles. The largest absolute Gasteiger partial charge is 0.384 e. The first-order valence-corrected chi connectivity index (χ1v) is 11.8. The van der Waals surface area contributed by atoms with E-state index in [1.54, 1.807) is 23.5 Å². The van der Waals surface area contributed by atoms with Crippen molar-refractivity contribution in [2.45, 2.75) is 44.6 Å². The first kappa shape index (κ1) is 20.4. The van der Waals surface area contributed by atoms with Gasteiger partial charge >= 0.3 is 0 Å². The Kier molecular flexibility index (Phi) is 5.67. The van der Waals surface area contributed by atoms with Gasteiger partial charge in [0.1, 0.15) is 5.69 Å². The molecule has 1 saturated carbocycles. The van der Waals surface area contributed by atoms with Gasteiger partial charge in [-0.1, -0.05) is 19.3 Å². The van der Waals surface area contributed by atoms with Crippen LogP contribution in [0.3, 0.4) is 0 Å². The van der Waals surface area contributed by atoms with Gasteiger partial charge in [-0.3, -0.25) is 10.1 Å². The predicted octanol–water partition coefficient (Wildman–Crippen LogP) is 2.19. The Morgan fingerprint density at radius 2 is 1.83 bits per heavy atom. The second kappa shape index (κ2) is 8.08. The van der Waals surface area contributed by atoms with E-state index in [4.69, 9.17) is 0 Å². The number of anilines is 2. The Labute approximate surface area is 172 Å². The van der Waals surface area contributed by atoms with Crippen LogP contribution in [0.1, 0.15) is 37.7 Å². The van der Waals surface area contributed by atoms with E-state index in [0.29, 0.717) is 31.9 Å². The van der Waals surface area contributed by atoms with Crippen molar-refractivity contribution in [2.75, 3.05) is 50.0 Å². The van der Waals surface area contributed by atoms with E-state index in [2.05, 4.69) is 5.32 Å². The summed E-state index contributed by atoms with van der Waals surface area (Å²) in [5, 5.41) is 14.9. The van der Waals surface area contributed by atoms with E-state index in [9.17, 15) is 18.5 Å². The Morgan fingerprint density at radius 3 is 2.48 bits per heavy atom. The minimum absolute atomic E-state index is 0.0799. The third-order valence-corrected chi connectivity index (χ3v) is 8.53. The lowest BCUT2D eigenvalue weighted by atomic mass is 9.96. The average Bonchev–Trinajstić information content (AvgIpc) is 3.22. The van der Waals surface area contributed by atoms with Gasteiger partial charge in [0.15, 0.2) is 0 Å². The SMILES string of the molecule is CN(C1CCCCC1)S(=O)(=O)N1CCN(c2c([N+](=O)[O-])ccc3c2CCN3)CC1. The molecule has 0 aromatic heterocycles. The fourth-order valence-electron chi connectivity index (χ4n) is 4.82. The van der Waals surface area contributed by atoms with Crippen molar-refractivity contribution in [1.82, 2.24) is 8.61 Å². The van der Waals surface area contributed by atoms with Crippen molar-refractivity contribution in [2.24, 2.45) is 0 Å². The zero-order chi connectivity index (χ0) is 20.6. The monoisotopic (exact) mass is 423 g/mol. The number of piperazine rings is 1. The molecule has 1 aromatic rings. The molecule has 1 aromatic carbocycles. The van der Waals surface area contributed by atoms with Crippen LogP contribution in [0.4, 0.5) is 17.1 Å². The van der Waals surface area contributed by atoms with Crippen molar-refractivity contribution in [1.29, 1.82) is 0 Å². The van der Waals surface area contributed by atoms with E-state index in [1.165, 1.54) is 10.7 Å². The van der Waals surface area contributed by atoms with E-state index >= 15 is 0 Å². The van der Waals surface area contributed by atoms with Crippen LogP contribution in [-0.4, -0.2) is 67.8 Å². The quantitative estimate of drug-likeness (QED) is 0.576. The molecular weight excluding hydrogens is 394 g/mol. The molecule has 0 atom stereocenters. The molecule has 0 spiro atoms. The number of benzene rings is 1. The molecule has 29 heavy (non-hydrogen) atoms. The molecule has 0 radical (unpaired) electrons. The number of nitro groups is 1. The molecule has 2 fully saturated rings. The van der Waals surface area contributed by atoms with Crippen LogP contribution in [0.2, 0.25) is 0 Å². The molecule has 0 amide bonds. The molecule has 1 saturated heterocycles. The van der Waals surface area contributed by atoms with Gasteiger partial charge in [-0.2, -0.15) is 17.0 Å². The summed E-state index contributed by atoms with van der Waals surface area (Å²) < 4.78 is 29.3. The third-order valence-electron chi connectivity index (χ3n) is 6.48. The Balaban J connectivity index is 1.50. The number of nitrogens with one attached hydrogen (secondary N) is 1. The maximum Gasteiger partial charge on any atom is 0.292 e. The van der Waals surface area contributed by atoms with E-state index in [1.807, 2.05) is 4.90 Å². The van der Waals surface area contributed by atoms with Gasteiger partial charge < -0.3 is 10.2 Å². The van der Waals surface area contributed by atoms with Crippen LogP contribution in [0.25, 0.3) is 0 Å². The standard InChI is InChI=1S/C19H29N5O4S/c1-21(15-5-3-2-4-6-15)29(27,28)23-13-11-22(12-14-23)19-16-9-10-20-17(16)7-8-18(19)24(25)26/h7-8,15,20H,2-6,9-14H2,1H3. The van der Waals surface area contributed by atoms with Crippen molar-refractivity contribution in [3.8, 4) is 0 Å². The fraction of sp³-hybridized carbons (Fsp3) is 0.684. The highest BCUT2D eigenvalue weighted by Gasteiger charge is 2.36. The number of hydrogen-bond acceptors (Lipinski definition) is 6. The summed E-state index contributed by atoms with van der Waals surface area (Å²) in [4.78, 5) is 13.2. The number of nitro benzene ring substituents is 1. The van der Waals surface area contributed by atoms with Gasteiger partial charge in [-0.15, -0.1) is 0 Å². The third kappa shape index (κ3) is 3.80. The van der Waals surface area contributed by atoms with Crippen molar-refractivity contribution < 1.29 is 13.3 Å². The van der Waals surface area contributed by atoms with E-state index in [-0.39, 0.29) is 16.7 Å². The molecule has 9 nitrogen and oxygen atoms in total. The summed E-state index contributed by atoms with van der Waals surface area (Å²) in [5.74, 6) is 0.